The number of carbonyl (C=O) groups excluding carboxylic acids is 1. The van der Waals surface area contributed by atoms with Gasteiger partial charge in [0.05, 0.1) is 29.8 Å². The third-order valence-corrected chi connectivity index (χ3v) is 5.63. The van der Waals surface area contributed by atoms with Gasteiger partial charge >= 0.3 is 12.2 Å². The maximum absolute atomic E-state index is 14.6. The number of alkyl halides is 3. The van der Waals surface area contributed by atoms with Gasteiger partial charge in [-0.3, -0.25) is 9.88 Å². The first-order valence-electron chi connectivity index (χ1n) is 9.97. The van der Waals surface area contributed by atoms with Gasteiger partial charge in [-0.15, -0.1) is 0 Å². The normalized spacial score (nSPS) is 15.8. The lowest BCUT2D eigenvalue weighted by atomic mass is 9.92. The van der Waals surface area contributed by atoms with Crippen LogP contribution < -0.4 is 10.6 Å². The van der Waals surface area contributed by atoms with Gasteiger partial charge in [0.15, 0.2) is 0 Å². The number of urea groups is 1. The number of pyridine rings is 1. The Morgan fingerprint density at radius 1 is 1.22 bits per heavy atom. The highest BCUT2D eigenvalue weighted by atomic mass is 35.5. The van der Waals surface area contributed by atoms with Crippen LogP contribution in [0.15, 0.2) is 36.7 Å². The van der Waals surface area contributed by atoms with E-state index in [4.69, 9.17) is 11.6 Å². The molecule has 0 saturated carbocycles. The number of halogens is 5. The van der Waals surface area contributed by atoms with Crippen molar-refractivity contribution in [3.05, 3.63) is 53.2 Å². The Kier molecular flexibility index (Phi) is 6.25. The highest BCUT2D eigenvalue weighted by Crippen LogP contribution is 2.31. The van der Waals surface area contributed by atoms with Crippen LogP contribution in [0.3, 0.4) is 0 Å². The Balaban J connectivity index is 1.37. The Bertz CT molecular complexity index is 1130. The van der Waals surface area contributed by atoms with Crippen LogP contribution in [0.1, 0.15) is 24.5 Å². The minimum Gasteiger partial charge on any atom is -0.359 e. The van der Waals surface area contributed by atoms with E-state index >= 15 is 0 Å². The number of anilines is 2. The number of amides is 2. The van der Waals surface area contributed by atoms with Crippen molar-refractivity contribution in [3.63, 3.8) is 0 Å². The van der Waals surface area contributed by atoms with Crippen LogP contribution in [0.25, 0.3) is 10.9 Å². The number of fused-ring (bicyclic) bond motifs is 1. The third kappa shape index (κ3) is 5.31. The molecule has 0 radical (unpaired) electrons. The third-order valence-electron chi connectivity index (χ3n) is 5.40. The molecule has 2 aromatic heterocycles. The number of piperidine rings is 1. The summed E-state index contributed by atoms with van der Waals surface area (Å²) in [5.74, 6) is -0.866. The van der Waals surface area contributed by atoms with Crippen LogP contribution >= 0.6 is 11.6 Å². The smallest absolute Gasteiger partial charge is 0.359 e. The molecule has 11 heteroatoms. The molecule has 0 unspecified atom stereocenters. The van der Waals surface area contributed by atoms with Crippen LogP contribution in [0.4, 0.5) is 33.7 Å². The number of nitrogens with zero attached hydrogens (tertiary/aromatic N) is 2. The zero-order valence-electron chi connectivity index (χ0n) is 16.8. The van der Waals surface area contributed by atoms with Gasteiger partial charge in [-0.1, -0.05) is 11.6 Å². The predicted molar refractivity (Wildman–Crippen MR) is 115 cm³/mol. The van der Waals surface area contributed by atoms with Crippen molar-refractivity contribution < 1.29 is 22.4 Å². The predicted octanol–water partition coefficient (Wildman–Crippen LogP) is 5.74. The second-order valence-electron chi connectivity index (χ2n) is 7.73. The van der Waals surface area contributed by atoms with Crippen molar-refractivity contribution >= 4 is 39.9 Å². The van der Waals surface area contributed by atoms with E-state index in [1.165, 1.54) is 11.1 Å². The zero-order valence-corrected chi connectivity index (χ0v) is 17.5. The summed E-state index contributed by atoms with van der Waals surface area (Å²) in [5.41, 5.74) is 1.67. The summed E-state index contributed by atoms with van der Waals surface area (Å²) in [5, 5.41) is 6.45. The molecule has 0 spiro atoms. The second-order valence-corrected chi connectivity index (χ2v) is 8.16. The number of carbonyl (C=O) groups is 1. The fourth-order valence-electron chi connectivity index (χ4n) is 3.92. The summed E-state index contributed by atoms with van der Waals surface area (Å²) in [6, 6.07) is 5.79. The summed E-state index contributed by atoms with van der Waals surface area (Å²) in [6.07, 6.45) is -0.518. The van der Waals surface area contributed by atoms with E-state index < -0.39 is 24.6 Å². The summed E-state index contributed by atoms with van der Waals surface area (Å²) >= 11 is 6.00. The van der Waals surface area contributed by atoms with E-state index in [1.54, 1.807) is 24.4 Å². The van der Waals surface area contributed by atoms with Gasteiger partial charge in [-0.2, -0.15) is 13.2 Å². The molecule has 3 N–H and O–H groups in total. The summed E-state index contributed by atoms with van der Waals surface area (Å²) in [4.78, 5) is 20.8. The first-order chi connectivity index (χ1) is 15.2. The molecule has 3 aromatic rings. The van der Waals surface area contributed by atoms with E-state index in [1.807, 2.05) is 0 Å². The maximum Gasteiger partial charge on any atom is 0.401 e. The van der Waals surface area contributed by atoms with Crippen molar-refractivity contribution in [1.29, 1.82) is 0 Å². The number of H-pyrrole nitrogens is 1. The van der Waals surface area contributed by atoms with E-state index in [2.05, 4.69) is 20.6 Å². The van der Waals surface area contributed by atoms with Gasteiger partial charge in [0.1, 0.15) is 5.82 Å². The van der Waals surface area contributed by atoms with Crippen LogP contribution in [0, 0.1) is 5.82 Å². The number of hydrogen-bond donors (Lipinski definition) is 3. The quantitative estimate of drug-likeness (QED) is 0.426. The van der Waals surface area contributed by atoms with Crippen LogP contribution in [-0.4, -0.2) is 46.7 Å². The van der Waals surface area contributed by atoms with E-state index in [0.717, 1.165) is 17.0 Å². The second kappa shape index (κ2) is 8.95. The Hall–Kier alpha value is -2.85. The van der Waals surface area contributed by atoms with Gasteiger partial charge in [0.25, 0.3) is 0 Å². The minimum absolute atomic E-state index is 0.163. The summed E-state index contributed by atoms with van der Waals surface area (Å²) < 4.78 is 52.2. The van der Waals surface area contributed by atoms with Gasteiger partial charge in [0.2, 0.25) is 0 Å². The average Bonchev–Trinajstić information content (AvgIpc) is 3.09. The Morgan fingerprint density at radius 2 is 1.97 bits per heavy atom. The number of aromatic nitrogens is 2. The molecule has 2 amide bonds. The lowest BCUT2D eigenvalue weighted by Crippen LogP contribution is -2.39. The molecule has 1 aliphatic heterocycles. The average molecular weight is 470 g/mol. The molecular weight excluding hydrogens is 450 g/mol. The van der Waals surface area contributed by atoms with Crippen molar-refractivity contribution in [1.82, 2.24) is 14.9 Å². The standard InChI is InChI=1S/C21H20ClF4N5O/c22-13-1-2-17-15(7-13)18(10-27-17)30-20(32)29-14-8-16(23)19(28-9-14)12-3-5-31(6-4-12)11-21(24,25)26/h1-2,7-10,12,27H,3-6,11H2,(H2,29,30,32). The van der Waals surface area contributed by atoms with Crippen molar-refractivity contribution in [2.45, 2.75) is 24.9 Å². The van der Waals surface area contributed by atoms with Crippen LogP contribution in [-0.2, 0) is 0 Å². The molecule has 1 fully saturated rings. The van der Waals surface area contributed by atoms with E-state index in [-0.39, 0.29) is 30.4 Å². The first kappa shape index (κ1) is 22.3. The number of aromatic amines is 1. The largest absolute Gasteiger partial charge is 0.401 e. The number of benzene rings is 1. The SMILES string of the molecule is O=C(Nc1cnc(C2CCN(CC(F)(F)F)CC2)c(F)c1)Nc1c[nH]c2ccc(Cl)cc12. The topological polar surface area (TPSA) is 73.1 Å². The van der Waals surface area contributed by atoms with Gasteiger partial charge in [-0.05, 0) is 44.1 Å². The number of nitrogens with one attached hydrogen (secondary N) is 3. The molecule has 6 nitrogen and oxygen atoms in total. The first-order valence-corrected chi connectivity index (χ1v) is 10.3. The molecule has 1 aliphatic rings. The molecule has 170 valence electrons. The maximum atomic E-state index is 14.6. The Morgan fingerprint density at radius 3 is 2.66 bits per heavy atom. The van der Waals surface area contributed by atoms with Gasteiger partial charge < -0.3 is 15.6 Å². The highest BCUT2D eigenvalue weighted by molar-refractivity contribution is 6.31. The zero-order chi connectivity index (χ0) is 22.9. The van der Waals surface area contributed by atoms with Gasteiger partial charge in [0, 0.05) is 34.1 Å². The molecule has 32 heavy (non-hydrogen) atoms. The molecule has 1 aromatic carbocycles. The number of rotatable bonds is 4. The van der Waals surface area contributed by atoms with Crippen molar-refractivity contribution in [2.24, 2.45) is 0 Å². The number of likely N-dealkylation sites (tertiary alicyclic amines) is 1. The highest BCUT2D eigenvalue weighted by Gasteiger charge is 2.33. The monoisotopic (exact) mass is 469 g/mol. The molecular formula is C21H20ClF4N5O. The molecule has 0 atom stereocenters. The molecule has 0 bridgehead atoms. The van der Waals surface area contributed by atoms with E-state index in [0.29, 0.717) is 23.6 Å². The minimum atomic E-state index is -4.25. The van der Waals surface area contributed by atoms with E-state index in [9.17, 15) is 22.4 Å². The lowest BCUT2D eigenvalue weighted by Gasteiger charge is -2.32. The number of hydrogen-bond acceptors (Lipinski definition) is 3. The fourth-order valence-corrected chi connectivity index (χ4v) is 4.09. The molecule has 3 heterocycles. The summed E-state index contributed by atoms with van der Waals surface area (Å²) in [6.45, 7) is -0.513. The van der Waals surface area contributed by atoms with Crippen molar-refractivity contribution in [2.75, 3.05) is 30.3 Å². The van der Waals surface area contributed by atoms with Crippen LogP contribution in [0.5, 0.6) is 0 Å². The summed E-state index contributed by atoms with van der Waals surface area (Å²) in [7, 11) is 0. The van der Waals surface area contributed by atoms with Crippen molar-refractivity contribution in [3.8, 4) is 0 Å². The molecule has 4 rings (SSSR count). The van der Waals surface area contributed by atoms with Gasteiger partial charge in [-0.25, -0.2) is 9.18 Å². The molecule has 0 aliphatic carbocycles. The lowest BCUT2D eigenvalue weighted by molar-refractivity contribution is -0.148. The fraction of sp³-hybridized carbons (Fsp3) is 0.333. The Labute approximate surface area is 185 Å². The van der Waals surface area contributed by atoms with Crippen LogP contribution in [0.2, 0.25) is 5.02 Å². The molecule has 1 saturated heterocycles.